The molecule has 0 saturated heterocycles. The van der Waals surface area contributed by atoms with Crippen molar-refractivity contribution in [2.24, 2.45) is 11.8 Å². The van der Waals surface area contributed by atoms with Crippen LogP contribution < -0.4 is 10.6 Å². The number of nitrogens with one attached hydrogen (secondary N) is 2. The van der Waals surface area contributed by atoms with Gasteiger partial charge >= 0.3 is 5.97 Å². The fourth-order valence-corrected chi connectivity index (χ4v) is 3.43. The van der Waals surface area contributed by atoms with Crippen molar-refractivity contribution in [2.45, 2.75) is 58.9 Å². The van der Waals surface area contributed by atoms with Crippen LogP contribution in [0, 0.1) is 17.7 Å². The SMILES string of the molecule is CCOC(=O)/C=C/c1cnc(N[C@@H](C(=O)NCC2CCCCC2)C(C)C)c(F)c1. The van der Waals surface area contributed by atoms with Crippen molar-refractivity contribution in [3.63, 3.8) is 0 Å². The Morgan fingerprint density at radius 1 is 1.31 bits per heavy atom. The Morgan fingerprint density at radius 2 is 2.03 bits per heavy atom. The Balaban J connectivity index is 1.98. The number of aromatic nitrogens is 1. The maximum absolute atomic E-state index is 14.5. The summed E-state index contributed by atoms with van der Waals surface area (Å²) in [7, 11) is 0. The topological polar surface area (TPSA) is 80.3 Å². The number of nitrogens with zero attached hydrogens (tertiary/aromatic N) is 1. The van der Waals surface area contributed by atoms with Crippen molar-refractivity contribution in [3.8, 4) is 0 Å². The van der Waals surface area contributed by atoms with Gasteiger partial charge < -0.3 is 15.4 Å². The summed E-state index contributed by atoms with van der Waals surface area (Å²) in [5.41, 5.74) is 0.434. The first-order chi connectivity index (χ1) is 13.9. The van der Waals surface area contributed by atoms with Crippen molar-refractivity contribution in [2.75, 3.05) is 18.5 Å². The monoisotopic (exact) mass is 405 g/mol. The summed E-state index contributed by atoms with van der Waals surface area (Å²) in [5.74, 6) is -0.707. The van der Waals surface area contributed by atoms with Gasteiger partial charge in [0.2, 0.25) is 5.91 Å². The number of rotatable bonds is 9. The Bertz CT molecular complexity index is 715. The van der Waals surface area contributed by atoms with Crippen LogP contribution in [0.5, 0.6) is 0 Å². The highest BCUT2D eigenvalue weighted by Gasteiger charge is 2.24. The third-order valence-corrected chi connectivity index (χ3v) is 5.09. The Kier molecular flexibility index (Phi) is 9.09. The van der Waals surface area contributed by atoms with E-state index >= 15 is 0 Å². The van der Waals surface area contributed by atoms with Gasteiger partial charge in [-0.3, -0.25) is 4.79 Å². The number of carbonyl (C=O) groups excluding carboxylic acids is 2. The average Bonchev–Trinajstić information content (AvgIpc) is 2.70. The second-order valence-electron chi connectivity index (χ2n) is 7.80. The van der Waals surface area contributed by atoms with E-state index in [1.807, 2.05) is 13.8 Å². The van der Waals surface area contributed by atoms with Gasteiger partial charge in [0.1, 0.15) is 6.04 Å². The van der Waals surface area contributed by atoms with Crippen molar-refractivity contribution in [1.29, 1.82) is 0 Å². The molecule has 1 amide bonds. The molecule has 1 aromatic rings. The summed E-state index contributed by atoms with van der Waals surface area (Å²) in [6.07, 6.45) is 10.1. The normalized spacial score (nSPS) is 16.0. The summed E-state index contributed by atoms with van der Waals surface area (Å²) in [4.78, 5) is 28.1. The molecule has 0 aliphatic heterocycles. The van der Waals surface area contributed by atoms with Crippen LogP contribution in [0.3, 0.4) is 0 Å². The fourth-order valence-electron chi connectivity index (χ4n) is 3.43. The van der Waals surface area contributed by atoms with Crippen LogP contribution in [0.25, 0.3) is 6.08 Å². The summed E-state index contributed by atoms with van der Waals surface area (Å²) < 4.78 is 19.3. The van der Waals surface area contributed by atoms with Gasteiger partial charge in [-0.1, -0.05) is 33.1 Å². The van der Waals surface area contributed by atoms with E-state index in [-0.39, 0.29) is 24.2 Å². The van der Waals surface area contributed by atoms with Gasteiger partial charge in [-0.15, -0.1) is 0 Å². The minimum atomic E-state index is -0.582. The first-order valence-corrected chi connectivity index (χ1v) is 10.4. The van der Waals surface area contributed by atoms with E-state index in [0.29, 0.717) is 18.0 Å². The molecule has 1 saturated carbocycles. The molecule has 1 atom stereocenters. The van der Waals surface area contributed by atoms with Crippen LogP contribution in [-0.4, -0.2) is 36.1 Å². The molecule has 0 aromatic carbocycles. The number of halogens is 1. The molecule has 1 aliphatic carbocycles. The zero-order chi connectivity index (χ0) is 21.2. The zero-order valence-corrected chi connectivity index (χ0v) is 17.5. The Labute approximate surface area is 172 Å². The molecular weight excluding hydrogens is 373 g/mol. The van der Waals surface area contributed by atoms with Gasteiger partial charge in [-0.2, -0.15) is 0 Å². The van der Waals surface area contributed by atoms with E-state index in [0.717, 1.165) is 12.8 Å². The van der Waals surface area contributed by atoms with E-state index in [4.69, 9.17) is 4.74 Å². The zero-order valence-electron chi connectivity index (χ0n) is 17.5. The second kappa shape index (κ2) is 11.5. The summed E-state index contributed by atoms with van der Waals surface area (Å²) in [6.45, 7) is 6.47. The Hall–Kier alpha value is -2.44. The molecule has 6 nitrogen and oxygen atoms in total. The van der Waals surface area contributed by atoms with Gasteiger partial charge in [0, 0.05) is 18.8 Å². The van der Waals surface area contributed by atoms with Crippen LogP contribution in [0.4, 0.5) is 10.2 Å². The van der Waals surface area contributed by atoms with Crippen LogP contribution in [0.15, 0.2) is 18.3 Å². The van der Waals surface area contributed by atoms with E-state index in [2.05, 4.69) is 15.6 Å². The van der Waals surface area contributed by atoms with Crippen molar-refractivity contribution >= 4 is 23.8 Å². The maximum atomic E-state index is 14.5. The summed E-state index contributed by atoms with van der Waals surface area (Å²) in [5, 5.41) is 5.95. The van der Waals surface area contributed by atoms with Gasteiger partial charge in [-0.25, -0.2) is 14.2 Å². The molecule has 1 aliphatic rings. The molecule has 2 rings (SSSR count). The third-order valence-electron chi connectivity index (χ3n) is 5.09. The fraction of sp³-hybridized carbons (Fsp3) is 0.591. The Morgan fingerprint density at radius 3 is 2.66 bits per heavy atom. The van der Waals surface area contributed by atoms with Crippen LogP contribution in [-0.2, 0) is 14.3 Å². The predicted octanol–water partition coefficient (Wildman–Crippen LogP) is 3.93. The predicted molar refractivity (Wildman–Crippen MR) is 112 cm³/mol. The molecule has 29 heavy (non-hydrogen) atoms. The van der Waals surface area contributed by atoms with Gasteiger partial charge in [0.25, 0.3) is 0 Å². The largest absolute Gasteiger partial charge is 0.463 e. The second-order valence-corrected chi connectivity index (χ2v) is 7.80. The van der Waals surface area contributed by atoms with E-state index in [9.17, 15) is 14.0 Å². The molecular formula is C22H32FN3O3. The average molecular weight is 406 g/mol. The number of pyridine rings is 1. The molecule has 0 bridgehead atoms. The molecule has 2 N–H and O–H groups in total. The van der Waals surface area contributed by atoms with Crippen molar-refractivity contribution in [3.05, 3.63) is 29.7 Å². The molecule has 0 radical (unpaired) electrons. The summed E-state index contributed by atoms with van der Waals surface area (Å²) in [6, 6.07) is 0.684. The number of ether oxygens (including phenoxy) is 1. The van der Waals surface area contributed by atoms with Gasteiger partial charge in [0.15, 0.2) is 11.6 Å². The number of esters is 1. The number of carbonyl (C=O) groups is 2. The molecule has 0 spiro atoms. The minimum Gasteiger partial charge on any atom is -0.463 e. The highest BCUT2D eigenvalue weighted by atomic mass is 19.1. The van der Waals surface area contributed by atoms with Gasteiger partial charge in [0.05, 0.1) is 6.61 Å². The van der Waals surface area contributed by atoms with Crippen molar-refractivity contribution in [1.82, 2.24) is 10.3 Å². The maximum Gasteiger partial charge on any atom is 0.330 e. The highest BCUT2D eigenvalue weighted by molar-refractivity contribution is 5.87. The van der Waals surface area contributed by atoms with E-state index in [1.54, 1.807) is 6.92 Å². The van der Waals surface area contributed by atoms with E-state index in [1.165, 1.54) is 43.7 Å². The summed E-state index contributed by atoms with van der Waals surface area (Å²) >= 11 is 0. The van der Waals surface area contributed by atoms with E-state index < -0.39 is 17.8 Å². The number of anilines is 1. The first-order valence-electron chi connectivity index (χ1n) is 10.4. The molecule has 0 unspecified atom stereocenters. The molecule has 7 heteroatoms. The lowest BCUT2D eigenvalue weighted by molar-refractivity contribution is -0.137. The third kappa shape index (κ3) is 7.48. The van der Waals surface area contributed by atoms with Crippen LogP contribution >= 0.6 is 0 Å². The molecule has 1 fully saturated rings. The minimum absolute atomic E-state index is 0.0183. The first kappa shape index (κ1) is 22.8. The standard InChI is InChI=1S/C22H32FN3O3/c1-4-29-19(27)11-10-17-12-18(23)21(24-14-17)26-20(15(2)3)22(28)25-13-16-8-6-5-7-9-16/h10-12,14-16,20H,4-9,13H2,1-3H3,(H,24,26)(H,25,28)/b11-10+/t20-/m1/s1. The van der Waals surface area contributed by atoms with Crippen molar-refractivity contribution < 1.29 is 18.7 Å². The van der Waals surface area contributed by atoms with Crippen LogP contribution in [0.1, 0.15) is 58.4 Å². The van der Waals surface area contributed by atoms with Gasteiger partial charge in [-0.05, 0) is 49.3 Å². The lowest BCUT2D eigenvalue weighted by Crippen LogP contribution is -2.45. The lowest BCUT2D eigenvalue weighted by Gasteiger charge is -2.26. The van der Waals surface area contributed by atoms with Crippen LogP contribution in [0.2, 0.25) is 0 Å². The number of hydrogen-bond donors (Lipinski definition) is 2. The number of amides is 1. The smallest absolute Gasteiger partial charge is 0.330 e. The molecule has 160 valence electrons. The molecule has 1 heterocycles. The quantitative estimate of drug-likeness (QED) is 0.481. The molecule has 1 aromatic heterocycles. The highest BCUT2D eigenvalue weighted by Crippen LogP contribution is 2.23. The number of hydrogen-bond acceptors (Lipinski definition) is 5. The lowest BCUT2D eigenvalue weighted by atomic mass is 9.89.